The number of carbonyl (C=O) groups is 4. The molecule has 3 aliphatic rings. The maximum Gasteiger partial charge on any atom is 0.304 e. The highest BCUT2D eigenvalue weighted by Gasteiger charge is 2.66. The monoisotopic (exact) mass is 635 g/mol. The number of nitrogens with zero attached hydrogens (tertiary/aromatic N) is 3. The fourth-order valence-electron chi connectivity index (χ4n) is 7.23. The molecule has 0 bridgehead atoms. The number of aliphatic hydroxyl groups is 1. The topological polar surface area (TPSA) is 137 Å². The molecule has 2 N–H and O–H groups in total. The van der Waals surface area contributed by atoms with Gasteiger partial charge < -0.3 is 29.2 Å². The molecule has 3 aliphatic heterocycles. The zero-order valence-corrected chi connectivity index (χ0v) is 27.1. The van der Waals surface area contributed by atoms with Crippen LogP contribution in [0.4, 0.5) is 11.4 Å². The van der Waals surface area contributed by atoms with Crippen LogP contribution in [0, 0.1) is 5.92 Å². The first-order chi connectivity index (χ1) is 21.3. The van der Waals surface area contributed by atoms with Crippen molar-refractivity contribution < 1.29 is 38.6 Å². The number of β-lactam (4-membered cyclic amide) rings is 1. The van der Waals surface area contributed by atoms with Gasteiger partial charge in [-0.1, -0.05) is 43.3 Å². The third-order valence-electron chi connectivity index (χ3n) is 9.08. The van der Waals surface area contributed by atoms with Crippen LogP contribution >= 0.6 is 0 Å². The minimum absolute atomic E-state index is 0.0557. The molecule has 2 aromatic carbocycles. The molecule has 0 aromatic heterocycles. The van der Waals surface area contributed by atoms with Gasteiger partial charge in [-0.15, -0.1) is 6.58 Å². The standard InChI is InChI=1S/C33H41N3O8Si/c1-6-14-35-26-13-12-24(36-29(40)19-30(36)43-22(3)38)17-25(26)33(32(35)41)21(2)31(45(4,5)42)27(44-33)18-28(39)34(15-16-37)20-23-10-8-7-9-11-23/h6-13,17,21,27,30-31,37,42H,1,14-16,18-20H2,2-5H3/t21-,27+,30?,31-,33+/m1/s1. The largest absolute Gasteiger partial charge is 0.441 e. The fraction of sp³-hybridized carbons (Fsp3) is 0.455. The Morgan fingerprint density at radius 2 is 1.91 bits per heavy atom. The molecule has 2 aromatic rings. The SMILES string of the molecule is C=CCN1C(=O)[C@@]2(O[C@@H](CC(=O)N(CCO)Cc3ccccc3)[C@H]([Si](C)(C)O)[C@H]2C)c2cc(N3C(=O)CC3OC(C)=O)ccc21. The number of fused-ring (bicyclic) bond motifs is 2. The number of aliphatic hydroxyl groups excluding tert-OH is 1. The van der Waals surface area contributed by atoms with E-state index in [0.717, 1.165) is 5.56 Å². The molecule has 0 aliphatic carbocycles. The molecule has 45 heavy (non-hydrogen) atoms. The van der Waals surface area contributed by atoms with E-state index >= 15 is 0 Å². The van der Waals surface area contributed by atoms with E-state index in [2.05, 4.69) is 6.58 Å². The Bertz CT molecular complexity index is 1490. The van der Waals surface area contributed by atoms with Gasteiger partial charge in [-0.25, -0.2) is 0 Å². The molecule has 240 valence electrons. The Morgan fingerprint density at radius 1 is 1.20 bits per heavy atom. The summed E-state index contributed by atoms with van der Waals surface area (Å²) < 4.78 is 12.1. The number of anilines is 2. The number of hydrogen-bond acceptors (Lipinski definition) is 8. The molecule has 1 unspecified atom stereocenters. The Balaban J connectivity index is 1.54. The van der Waals surface area contributed by atoms with Crippen molar-refractivity contribution in [1.82, 2.24) is 4.90 Å². The van der Waals surface area contributed by atoms with Crippen LogP contribution in [0.25, 0.3) is 0 Å². The average Bonchev–Trinajstić information content (AvgIpc) is 3.39. The second-order valence-corrected chi connectivity index (χ2v) is 16.5. The molecule has 2 fully saturated rings. The second kappa shape index (κ2) is 12.5. The molecule has 11 nitrogen and oxygen atoms in total. The van der Waals surface area contributed by atoms with Crippen LogP contribution in [0.1, 0.15) is 37.8 Å². The molecule has 3 amide bonds. The number of hydrogen-bond donors (Lipinski definition) is 2. The molecule has 5 rings (SSSR count). The zero-order valence-electron chi connectivity index (χ0n) is 26.1. The van der Waals surface area contributed by atoms with Gasteiger partial charge in [0, 0.05) is 49.3 Å². The van der Waals surface area contributed by atoms with Crippen LogP contribution in [-0.2, 0) is 40.8 Å². The molecule has 2 saturated heterocycles. The lowest BCUT2D eigenvalue weighted by Gasteiger charge is -2.39. The first-order valence-electron chi connectivity index (χ1n) is 15.2. The lowest BCUT2D eigenvalue weighted by Crippen LogP contribution is -2.55. The van der Waals surface area contributed by atoms with Crippen LogP contribution in [0.5, 0.6) is 0 Å². The van der Waals surface area contributed by atoms with E-state index in [9.17, 15) is 29.1 Å². The van der Waals surface area contributed by atoms with Crippen LogP contribution < -0.4 is 9.80 Å². The smallest absolute Gasteiger partial charge is 0.304 e. The number of rotatable bonds is 11. The Kier molecular flexibility index (Phi) is 9.05. The van der Waals surface area contributed by atoms with E-state index in [1.807, 2.05) is 37.3 Å². The molecular formula is C33H41N3O8Si. The van der Waals surface area contributed by atoms with Gasteiger partial charge in [-0.2, -0.15) is 0 Å². The lowest BCUT2D eigenvalue weighted by atomic mass is 9.82. The van der Waals surface area contributed by atoms with Gasteiger partial charge in [0.05, 0.1) is 31.2 Å². The summed E-state index contributed by atoms with van der Waals surface area (Å²) in [5.74, 6) is -1.86. The van der Waals surface area contributed by atoms with Crippen molar-refractivity contribution in [3.63, 3.8) is 0 Å². The number of amides is 3. The summed E-state index contributed by atoms with van der Waals surface area (Å²) in [6, 6.07) is 14.6. The summed E-state index contributed by atoms with van der Waals surface area (Å²) in [4.78, 5) is 68.6. The van der Waals surface area contributed by atoms with Crippen molar-refractivity contribution in [2.24, 2.45) is 5.92 Å². The summed E-state index contributed by atoms with van der Waals surface area (Å²) in [5, 5.41) is 9.75. The van der Waals surface area contributed by atoms with E-state index in [1.54, 1.807) is 47.2 Å². The molecule has 12 heteroatoms. The number of esters is 1. The Morgan fingerprint density at radius 3 is 2.51 bits per heavy atom. The molecule has 0 saturated carbocycles. The number of carbonyl (C=O) groups excluding carboxylic acids is 4. The fourth-order valence-corrected chi connectivity index (χ4v) is 9.78. The first kappa shape index (κ1) is 32.5. The van der Waals surface area contributed by atoms with E-state index in [1.165, 1.54) is 11.8 Å². The Hall–Kier alpha value is -3.84. The van der Waals surface area contributed by atoms with E-state index in [0.29, 0.717) is 23.5 Å². The van der Waals surface area contributed by atoms with Gasteiger partial charge in [0.15, 0.2) is 20.1 Å². The molecule has 3 heterocycles. The molecule has 5 atom stereocenters. The summed E-state index contributed by atoms with van der Waals surface area (Å²) in [5.41, 5.74) is 0.427. The minimum atomic E-state index is -3.06. The van der Waals surface area contributed by atoms with Crippen molar-refractivity contribution in [2.75, 3.05) is 29.5 Å². The van der Waals surface area contributed by atoms with Gasteiger partial charge in [-0.3, -0.25) is 24.1 Å². The summed E-state index contributed by atoms with van der Waals surface area (Å²) in [6.07, 6.45) is 0.0311. The molecule has 1 spiro atoms. The van der Waals surface area contributed by atoms with Crippen LogP contribution in [-0.4, -0.2) is 78.8 Å². The van der Waals surface area contributed by atoms with Crippen molar-refractivity contribution in [3.8, 4) is 0 Å². The van der Waals surface area contributed by atoms with E-state index < -0.39 is 43.7 Å². The van der Waals surface area contributed by atoms with Crippen LogP contribution in [0.15, 0.2) is 61.2 Å². The van der Waals surface area contributed by atoms with Crippen LogP contribution in [0.3, 0.4) is 0 Å². The highest BCUT2D eigenvalue weighted by atomic mass is 28.4. The highest BCUT2D eigenvalue weighted by Crippen LogP contribution is 2.60. The maximum absolute atomic E-state index is 14.4. The third kappa shape index (κ3) is 5.83. The zero-order chi connectivity index (χ0) is 32.7. The third-order valence-corrected chi connectivity index (χ3v) is 11.6. The summed E-state index contributed by atoms with van der Waals surface area (Å²) >= 11 is 0. The quantitative estimate of drug-likeness (QED) is 0.166. The van der Waals surface area contributed by atoms with Gasteiger partial charge >= 0.3 is 5.97 Å². The predicted octanol–water partition coefficient (Wildman–Crippen LogP) is 3.05. The molecular weight excluding hydrogens is 594 g/mol. The van der Waals surface area contributed by atoms with E-state index in [4.69, 9.17) is 9.47 Å². The Labute approximate surface area is 264 Å². The van der Waals surface area contributed by atoms with Crippen molar-refractivity contribution in [1.29, 1.82) is 0 Å². The highest BCUT2D eigenvalue weighted by molar-refractivity contribution is 6.71. The van der Waals surface area contributed by atoms with Crippen molar-refractivity contribution in [2.45, 2.75) is 69.8 Å². The van der Waals surface area contributed by atoms with Crippen molar-refractivity contribution in [3.05, 3.63) is 72.3 Å². The van der Waals surface area contributed by atoms with Gasteiger partial charge in [0.25, 0.3) is 5.91 Å². The van der Waals surface area contributed by atoms with Crippen LogP contribution in [0.2, 0.25) is 18.6 Å². The predicted molar refractivity (Wildman–Crippen MR) is 169 cm³/mol. The van der Waals surface area contributed by atoms with E-state index in [-0.39, 0.29) is 50.3 Å². The second-order valence-electron chi connectivity index (χ2n) is 12.5. The maximum atomic E-state index is 14.4. The van der Waals surface area contributed by atoms with Gasteiger partial charge in [-0.05, 0) is 36.9 Å². The minimum Gasteiger partial charge on any atom is -0.441 e. The lowest BCUT2D eigenvalue weighted by molar-refractivity contribution is -0.154. The van der Waals surface area contributed by atoms with Gasteiger partial charge in [0.1, 0.15) is 0 Å². The van der Waals surface area contributed by atoms with Crippen molar-refractivity contribution >= 4 is 43.4 Å². The molecule has 0 radical (unpaired) electrons. The first-order valence-corrected chi connectivity index (χ1v) is 18.2. The number of ether oxygens (including phenoxy) is 2. The number of benzene rings is 2. The average molecular weight is 636 g/mol. The van der Waals surface area contributed by atoms with Gasteiger partial charge in [0.2, 0.25) is 11.8 Å². The normalized spacial score (nSPS) is 25.7. The summed E-state index contributed by atoms with van der Waals surface area (Å²) in [6.45, 7) is 10.9. The summed E-state index contributed by atoms with van der Waals surface area (Å²) in [7, 11) is -3.06.